The molecule has 5 N–H and O–H groups in total. The number of aliphatic hydroxyl groups is 1. The Bertz CT molecular complexity index is 1370. The van der Waals surface area contributed by atoms with Gasteiger partial charge >= 0.3 is 5.97 Å². The van der Waals surface area contributed by atoms with Gasteiger partial charge in [-0.05, 0) is 37.6 Å². The Morgan fingerprint density at radius 3 is 2.52 bits per heavy atom. The zero-order chi connectivity index (χ0) is 24.2. The van der Waals surface area contributed by atoms with Gasteiger partial charge in [-0.25, -0.2) is 13.6 Å². The van der Waals surface area contributed by atoms with E-state index in [2.05, 4.69) is 5.32 Å². The van der Waals surface area contributed by atoms with E-state index in [0.717, 1.165) is 18.3 Å². The van der Waals surface area contributed by atoms with Crippen molar-refractivity contribution in [3.63, 3.8) is 0 Å². The lowest BCUT2D eigenvalue weighted by molar-refractivity contribution is 0.0695. The van der Waals surface area contributed by atoms with Gasteiger partial charge in [0.05, 0.1) is 34.7 Å². The van der Waals surface area contributed by atoms with Crippen LogP contribution in [-0.4, -0.2) is 54.3 Å². The summed E-state index contributed by atoms with van der Waals surface area (Å²) in [5.74, 6) is -3.09. The molecule has 0 aliphatic carbocycles. The number of halogens is 2. The topological polar surface area (TPSA) is 121 Å². The number of likely N-dealkylation sites (N-methyl/N-ethyl adjacent to an activating group) is 1. The number of rotatable bonds is 5. The van der Waals surface area contributed by atoms with Crippen molar-refractivity contribution in [2.24, 2.45) is 0 Å². The van der Waals surface area contributed by atoms with Crippen molar-refractivity contribution in [3.05, 3.63) is 57.4 Å². The number of carboxylic acid groups (broad SMARTS) is 1. The average Bonchev–Trinajstić information content (AvgIpc) is 2.74. The molecule has 1 fully saturated rings. The number of nitrogen functional groups attached to an aromatic ring is 1. The molecule has 0 bridgehead atoms. The number of nitrogens with zero attached hydrogens (tertiary/aromatic N) is 2. The highest BCUT2D eigenvalue weighted by Gasteiger charge is 2.39. The zero-order valence-electron chi connectivity index (χ0n) is 17.9. The number of nitrogens with two attached hydrogens (primary N) is 1. The molecule has 0 unspecified atom stereocenters. The summed E-state index contributed by atoms with van der Waals surface area (Å²) >= 11 is 0. The van der Waals surface area contributed by atoms with E-state index in [1.54, 1.807) is 11.9 Å². The van der Waals surface area contributed by atoms with Gasteiger partial charge in [0.1, 0.15) is 25.0 Å². The molecule has 1 aromatic heterocycles. The van der Waals surface area contributed by atoms with E-state index in [1.165, 1.54) is 10.6 Å². The molecule has 170 valence electrons. The highest BCUT2D eigenvalue weighted by atomic mass is 19.1. The summed E-state index contributed by atoms with van der Waals surface area (Å²) in [7, 11) is 8.17. The minimum Gasteiger partial charge on any atom is -0.477 e. The maximum atomic E-state index is 15.2. The minimum absolute atomic E-state index is 0.0279. The Morgan fingerprint density at radius 1 is 1.27 bits per heavy atom. The largest absolute Gasteiger partial charge is 0.477 e. The average molecular weight is 454 g/mol. The molecule has 33 heavy (non-hydrogen) atoms. The number of aliphatic hydroxyl groups excluding tert-OH is 1. The van der Waals surface area contributed by atoms with Crippen molar-refractivity contribution < 1.29 is 23.8 Å². The molecule has 11 heteroatoms. The number of fused-ring (bicyclic) bond motifs is 1. The van der Waals surface area contributed by atoms with Gasteiger partial charge in [0, 0.05) is 30.2 Å². The van der Waals surface area contributed by atoms with Gasteiger partial charge in [-0.3, -0.25) is 4.79 Å². The maximum Gasteiger partial charge on any atom is 0.341 e. The first kappa shape index (κ1) is 22.7. The SMILES string of the molecule is [B]c1c(N2CC(C)(NC)C2)c(F)cc2c(=O)c(C(=O)O)cn(-c3cc(N)c(F)cc3CO)c12. The molecule has 2 heterocycles. The summed E-state index contributed by atoms with van der Waals surface area (Å²) in [5.41, 5.74) is 3.80. The monoisotopic (exact) mass is 454 g/mol. The second-order valence-electron chi connectivity index (χ2n) is 8.39. The Kier molecular flexibility index (Phi) is 5.41. The molecule has 0 saturated carbocycles. The number of carbonyl (C=O) groups is 1. The Balaban J connectivity index is 2.09. The van der Waals surface area contributed by atoms with Crippen LogP contribution in [0.3, 0.4) is 0 Å². The molecule has 0 atom stereocenters. The predicted molar refractivity (Wildman–Crippen MR) is 122 cm³/mol. The third-order valence-corrected chi connectivity index (χ3v) is 6.11. The highest BCUT2D eigenvalue weighted by Crippen LogP contribution is 2.32. The maximum absolute atomic E-state index is 15.2. The summed E-state index contributed by atoms with van der Waals surface area (Å²) in [6.45, 7) is 2.24. The zero-order valence-corrected chi connectivity index (χ0v) is 17.9. The molecule has 0 spiro atoms. The number of nitrogens with one attached hydrogen (secondary N) is 1. The van der Waals surface area contributed by atoms with Crippen LogP contribution in [0.2, 0.25) is 0 Å². The number of hydrogen-bond donors (Lipinski definition) is 4. The fraction of sp³-hybridized carbons (Fsp3) is 0.273. The van der Waals surface area contributed by atoms with E-state index in [0.29, 0.717) is 13.1 Å². The number of aromatic nitrogens is 1. The molecule has 1 aliphatic heterocycles. The van der Waals surface area contributed by atoms with Gasteiger partial charge < -0.3 is 30.7 Å². The Labute approximate surface area is 188 Å². The summed E-state index contributed by atoms with van der Waals surface area (Å²) < 4.78 is 30.4. The van der Waals surface area contributed by atoms with Crippen LogP contribution in [0.1, 0.15) is 22.8 Å². The van der Waals surface area contributed by atoms with Crippen molar-refractivity contribution in [1.29, 1.82) is 0 Å². The molecule has 4 rings (SSSR count). The first-order valence-corrected chi connectivity index (χ1v) is 10.0. The summed E-state index contributed by atoms with van der Waals surface area (Å²) in [4.78, 5) is 26.3. The number of aromatic carboxylic acids is 1. The van der Waals surface area contributed by atoms with E-state index in [-0.39, 0.29) is 44.5 Å². The number of hydrogen-bond acceptors (Lipinski definition) is 6. The van der Waals surface area contributed by atoms with E-state index >= 15 is 4.39 Å². The highest BCUT2D eigenvalue weighted by molar-refractivity contribution is 6.42. The van der Waals surface area contributed by atoms with Crippen LogP contribution in [0.5, 0.6) is 0 Å². The number of pyridine rings is 1. The van der Waals surface area contributed by atoms with Crippen LogP contribution in [0, 0.1) is 11.6 Å². The van der Waals surface area contributed by atoms with E-state index in [9.17, 15) is 24.2 Å². The van der Waals surface area contributed by atoms with Crippen molar-refractivity contribution in [2.75, 3.05) is 30.8 Å². The smallest absolute Gasteiger partial charge is 0.341 e. The summed E-state index contributed by atoms with van der Waals surface area (Å²) in [6, 6.07) is 3.15. The third kappa shape index (κ3) is 3.53. The molecule has 0 amide bonds. The molecule has 3 aromatic rings. The lowest BCUT2D eigenvalue weighted by Crippen LogP contribution is -2.67. The first-order chi connectivity index (χ1) is 15.5. The van der Waals surface area contributed by atoms with Crippen LogP contribution in [-0.2, 0) is 6.61 Å². The van der Waals surface area contributed by atoms with Crippen LogP contribution in [0.15, 0.2) is 29.2 Å². The summed E-state index contributed by atoms with van der Waals surface area (Å²) in [5, 5.41) is 22.2. The normalized spacial score (nSPS) is 15.0. The lowest BCUT2D eigenvalue weighted by atomic mass is 9.85. The van der Waals surface area contributed by atoms with Crippen molar-refractivity contribution in [1.82, 2.24) is 9.88 Å². The van der Waals surface area contributed by atoms with Crippen LogP contribution in [0.4, 0.5) is 20.2 Å². The Morgan fingerprint density at radius 2 is 1.94 bits per heavy atom. The number of benzene rings is 2. The molecule has 1 aliphatic rings. The van der Waals surface area contributed by atoms with E-state index in [1.807, 2.05) is 6.92 Å². The number of anilines is 2. The predicted octanol–water partition coefficient (Wildman–Crippen LogP) is 0.633. The van der Waals surface area contributed by atoms with Crippen LogP contribution in [0.25, 0.3) is 16.6 Å². The van der Waals surface area contributed by atoms with Gasteiger partial charge in [0.2, 0.25) is 5.43 Å². The molecule has 2 radical (unpaired) electrons. The standard InChI is InChI=1S/C22H21BF2N4O4/c1-22(27-2)8-28(9-22)19-14(25)4-11-18(17(19)23)29(6-12(20(11)31)21(32)33)16-5-15(26)13(24)3-10(16)7-30/h3-6,27,30H,7-9,26H2,1-2H3,(H,32,33). The van der Waals surface area contributed by atoms with Gasteiger partial charge in [-0.15, -0.1) is 0 Å². The van der Waals surface area contributed by atoms with Gasteiger partial charge in [-0.2, -0.15) is 0 Å². The molecule has 8 nitrogen and oxygen atoms in total. The van der Waals surface area contributed by atoms with Gasteiger partial charge in [0.25, 0.3) is 0 Å². The van der Waals surface area contributed by atoms with Crippen molar-refractivity contribution in [2.45, 2.75) is 19.1 Å². The Hall–Kier alpha value is -3.44. The molecule has 1 saturated heterocycles. The van der Waals surface area contributed by atoms with Crippen LogP contribution >= 0.6 is 0 Å². The van der Waals surface area contributed by atoms with Crippen LogP contribution < -0.4 is 26.8 Å². The van der Waals surface area contributed by atoms with Crippen molar-refractivity contribution >= 4 is 41.6 Å². The number of carboxylic acids is 1. The first-order valence-electron chi connectivity index (χ1n) is 10.0. The quantitative estimate of drug-likeness (QED) is 0.330. The summed E-state index contributed by atoms with van der Waals surface area (Å²) in [6.07, 6.45) is 1.02. The molecular formula is C22H21BF2N4O4. The third-order valence-electron chi connectivity index (χ3n) is 6.11. The fourth-order valence-corrected chi connectivity index (χ4v) is 4.23. The van der Waals surface area contributed by atoms with Crippen molar-refractivity contribution in [3.8, 4) is 5.69 Å². The molecule has 2 aromatic carbocycles. The lowest BCUT2D eigenvalue weighted by Gasteiger charge is -2.50. The fourth-order valence-electron chi connectivity index (χ4n) is 4.23. The van der Waals surface area contributed by atoms with Gasteiger partial charge in [0.15, 0.2) is 0 Å². The second kappa shape index (κ2) is 7.86. The van der Waals surface area contributed by atoms with E-state index < -0.39 is 35.2 Å². The molecular weight excluding hydrogens is 433 g/mol. The van der Waals surface area contributed by atoms with E-state index in [4.69, 9.17) is 13.6 Å². The van der Waals surface area contributed by atoms with Gasteiger partial charge in [-0.1, -0.05) is 0 Å². The minimum atomic E-state index is -1.54. The second-order valence-corrected chi connectivity index (χ2v) is 8.39.